The van der Waals surface area contributed by atoms with E-state index in [9.17, 15) is 17.6 Å². The number of nitriles is 1. The molecule has 14 heavy (non-hydrogen) atoms. The van der Waals surface area contributed by atoms with Crippen molar-refractivity contribution in [1.29, 1.82) is 5.26 Å². The topological polar surface area (TPSA) is 23.8 Å². The van der Waals surface area contributed by atoms with Crippen molar-refractivity contribution in [3.63, 3.8) is 0 Å². The highest BCUT2D eigenvalue weighted by Crippen LogP contribution is 2.33. The van der Waals surface area contributed by atoms with E-state index in [-0.39, 0.29) is 3.57 Å². The Hall–Kier alpha value is -0.840. The van der Waals surface area contributed by atoms with Crippen molar-refractivity contribution < 1.29 is 17.6 Å². The second kappa shape index (κ2) is 3.73. The van der Waals surface area contributed by atoms with Crippen LogP contribution in [0.5, 0.6) is 0 Å². The molecule has 6 heteroatoms. The number of nitrogens with zero attached hydrogens (tertiary/aromatic N) is 1. The number of rotatable bonds is 0. The van der Waals surface area contributed by atoms with Gasteiger partial charge in [0.1, 0.15) is 6.07 Å². The first-order chi connectivity index (χ1) is 6.36. The van der Waals surface area contributed by atoms with Crippen molar-refractivity contribution in [2.45, 2.75) is 6.18 Å². The van der Waals surface area contributed by atoms with E-state index >= 15 is 0 Å². The molecule has 0 saturated carbocycles. The lowest BCUT2D eigenvalue weighted by Crippen LogP contribution is -2.09. The first kappa shape index (κ1) is 11.2. The summed E-state index contributed by atoms with van der Waals surface area (Å²) < 4.78 is 49.8. The Kier molecular flexibility index (Phi) is 2.99. The molecular formula is C8H2F4IN. The number of hydrogen-bond acceptors (Lipinski definition) is 1. The van der Waals surface area contributed by atoms with E-state index in [0.717, 1.165) is 6.07 Å². The van der Waals surface area contributed by atoms with Crippen molar-refractivity contribution in [2.75, 3.05) is 0 Å². The van der Waals surface area contributed by atoms with Gasteiger partial charge in [0.25, 0.3) is 0 Å². The highest BCUT2D eigenvalue weighted by atomic mass is 127. The van der Waals surface area contributed by atoms with Crippen LogP contribution in [-0.4, -0.2) is 0 Å². The summed E-state index contributed by atoms with van der Waals surface area (Å²) >= 11 is 1.59. The van der Waals surface area contributed by atoms with Crippen LogP contribution in [0.1, 0.15) is 11.1 Å². The van der Waals surface area contributed by atoms with E-state index in [1.54, 1.807) is 22.6 Å². The van der Waals surface area contributed by atoms with Crippen LogP contribution in [-0.2, 0) is 6.18 Å². The van der Waals surface area contributed by atoms with Crippen LogP contribution in [0.3, 0.4) is 0 Å². The third kappa shape index (κ3) is 2.15. The average Bonchev–Trinajstić information content (AvgIpc) is 2.06. The molecule has 1 rings (SSSR count). The highest BCUT2D eigenvalue weighted by molar-refractivity contribution is 14.1. The van der Waals surface area contributed by atoms with Gasteiger partial charge in [-0.1, -0.05) is 0 Å². The molecular weight excluding hydrogens is 313 g/mol. The van der Waals surface area contributed by atoms with Gasteiger partial charge in [0, 0.05) is 3.57 Å². The van der Waals surface area contributed by atoms with Crippen molar-refractivity contribution in [3.05, 3.63) is 32.6 Å². The van der Waals surface area contributed by atoms with Crippen molar-refractivity contribution in [3.8, 4) is 6.07 Å². The number of alkyl halides is 3. The summed E-state index contributed by atoms with van der Waals surface area (Å²) in [7, 11) is 0. The molecule has 0 amide bonds. The highest BCUT2D eigenvalue weighted by Gasteiger charge is 2.35. The molecule has 74 valence electrons. The largest absolute Gasteiger partial charge is 0.419 e. The van der Waals surface area contributed by atoms with Crippen LogP contribution in [0.25, 0.3) is 0 Å². The monoisotopic (exact) mass is 315 g/mol. The van der Waals surface area contributed by atoms with Crippen LogP contribution in [0.2, 0.25) is 0 Å². The molecule has 0 aliphatic carbocycles. The number of hydrogen-bond donors (Lipinski definition) is 0. The lowest BCUT2D eigenvalue weighted by atomic mass is 10.1. The fourth-order valence-corrected chi connectivity index (χ4v) is 1.50. The third-order valence-corrected chi connectivity index (χ3v) is 2.09. The van der Waals surface area contributed by atoms with Gasteiger partial charge >= 0.3 is 6.18 Å². The van der Waals surface area contributed by atoms with Crippen molar-refractivity contribution in [2.24, 2.45) is 0 Å². The summed E-state index contributed by atoms with van der Waals surface area (Å²) in [6.45, 7) is 0. The zero-order chi connectivity index (χ0) is 10.9. The van der Waals surface area contributed by atoms with E-state index in [4.69, 9.17) is 5.26 Å². The van der Waals surface area contributed by atoms with E-state index < -0.39 is 23.1 Å². The van der Waals surface area contributed by atoms with Gasteiger partial charge in [0.15, 0.2) is 5.82 Å². The lowest BCUT2D eigenvalue weighted by molar-refractivity contribution is -0.140. The molecule has 0 aliphatic rings. The molecule has 0 heterocycles. The molecule has 0 unspecified atom stereocenters. The SMILES string of the molecule is N#Cc1cc(I)cc(C(F)(F)F)c1F. The summed E-state index contributed by atoms with van der Waals surface area (Å²) in [5.41, 5.74) is -2.00. The van der Waals surface area contributed by atoms with E-state index in [2.05, 4.69) is 0 Å². The van der Waals surface area contributed by atoms with Crippen LogP contribution < -0.4 is 0 Å². The van der Waals surface area contributed by atoms with Crippen molar-refractivity contribution >= 4 is 22.6 Å². The second-order valence-electron chi connectivity index (χ2n) is 2.42. The number of benzene rings is 1. The van der Waals surface area contributed by atoms with Gasteiger partial charge in [-0.3, -0.25) is 0 Å². The number of halogens is 5. The first-order valence-electron chi connectivity index (χ1n) is 3.32. The molecule has 1 aromatic carbocycles. The lowest BCUT2D eigenvalue weighted by Gasteiger charge is -2.08. The van der Waals surface area contributed by atoms with Crippen LogP contribution in [0.15, 0.2) is 12.1 Å². The van der Waals surface area contributed by atoms with Gasteiger partial charge in [0.2, 0.25) is 0 Å². The van der Waals surface area contributed by atoms with E-state index in [1.807, 2.05) is 0 Å². The summed E-state index contributed by atoms with van der Waals surface area (Å²) in [4.78, 5) is 0. The molecule has 0 fully saturated rings. The van der Waals surface area contributed by atoms with Gasteiger partial charge in [0.05, 0.1) is 11.1 Å². The minimum absolute atomic E-state index is 0.174. The first-order valence-corrected chi connectivity index (χ1v) is 4.40. The van der Waals surface area contributed by atoms with Crippen molar-refractivity contribution in [1.82, 2.24) is 0 Å². The van der Waals surface area contributed by atoms with Gasteiger partial charge < -0.3 is 0 Å². The quantitative estimate of drug-likeness (QED) is 0.532. The fraction of sp³-hybridized carbons (Fsp3) is 0.125. The minimum atomic E-state index is -4.77. The Labute approximate surface area is 90.5 Å². The Morgan fingerprint density at radius 1 is 1.29 bits per heavy atom. The van der Waals surface area contributed by atoms with Gasteiger partial charge in [-0.15, -0.1) is 0 Å². The van der Waals surface area contributed by atoms with Crippen LogP contribution in [0, 0.1) is 20.7 Å². The normalized spacial score (nSPS) is 11.1. The smallest absolute Gasteiger partial charge is 0.205 e. The fourth-order valence-electron chi connectivity index (χ4n) is 0.877. The molecule has 0 radical (unpaired) electrons. The summed E-state index contributed by atoms with van der Waals surface area (Å²) in [6.07, 6.45) is -4.77. The van der Waals surface area contributed by atoms with E-state index in [1.165, 1.54) is 6.07 Å². The Morgan fingerprint density at radius 2 is 1.86 bits per heavy atom. The maximum Gasteiger partial charge on any atom is 0.419 e. The maximum atomic E-state index is 13.0. The average molecular weight is 315 g/mol. The molecule has 0 aliphatic heterocycles. The zero-order valence-electron chi connectivity index (χ0n) is 6.49. The predicted molar refractivity (Wildman–Crippen MR) is 48.8 cm³/mol. The molecule has 0 bridgehead atoms. The second-order valence-corrected chi connectivity index (χ2v) is 3.67. The standard InChI is InChI=1S/C8H2F4IN/c9-7-4(3-14)1-5(13)2-6(7)8(10,11)12/h1-2H. The molecule has 0 atom stereocenters. The van der Waals surface area contributed by atoms with Gasteiger partial charge in [-0.05, 0) is 34.7 Å². The predicted octanol–water partition coefficient (Wildman–Crippen LogP) is 3.32. The Morgan fingerprint density at radius 3 is 2.29 bits per heavy atom. The zero-order valence-corrected chi connectivity index (χ0v) is 8.65. The third-order valence-electron chi connectivity index (χ3n) is 1.46. The Bertz CT molecular complexity index is 405. The van der Waals surface area contributed by atoms with Crippen LogP contribution in [0.4, 0.5) is 17.6 Å². The molecule has 0 N–H and O–H groups in total. The summed E-state index contributed by atoms with van der Waals surface area (Å²) in [5, 5.41) is 8.37. The van der Waals surface area contributed by atoms with Gasteiger partial charge in [-0.2, -0.15) is 18.4 Å². The van der Waals surface area contributed by atoms with Crippen LogP contribution >= 0.6 is 22.6 Å². The summed E-state index contributed by atoms with van der Waals surface area (Å²) in [6, 6.07) is 3.09. The Balaban J connectivity index is 3.47. The van der Waals surface area contributed by atoms with E-state index in [0.29, 0.717) is 6.07 Å². The maximum absolute atomic E-state index is 13.0. The van der Waals surface area contributed by atoms with Gasteiger partial charge in [-0.25, -0.2) is 4.39 Å². The summed E-state index contributed by atoms with van der Waals surface area (Å²) in [5.74, 6) is -1.51. The molecule has 0 saturated heterocycles. The minimum Gasteiger partial charge on any atom is -0.205 e. The molecule has 1 nitrogen and oxygen atoms in total. The molecule has 1 aromatic rings. The molecule has 0 spiro atoms. The molecule has 0 aromatic heterocycles.